The quantitative estimate of drug-likeness (QED) is 0.685. The van der Waals surface area contributed by atoms with Crippen molar-refractivity contribution in [2.45, 2.75) is 32.5 Å². The molecule has 4 rings (SSSR count). The van der Waals surface area contributed by atoms with Crippen molar-refractivity contribution in [3.05, 3.63) is 76.3 Å². The maximum Gasteiger partial charge on any atom is 0.262 e. The Bertz CT molecular complexity index is 1060. The minimum Gasteiger partial charge on any atom is -0.351 e. The van der Waals surface area contributed by atoms with Crippen molar-refractivity contribution in [1.82, 2.24) is 14.5 Å². The molecule has 144 valence electrons. The van der Waals surface area contributed by atoms with Gasteiger partial charge in [-0.2, -0.15) is 0 Å². The average Bonchev–Trinajstić information content (AvgIpc) is 2.72. The Morgan fingerprint density at radius 1 is 1.04 bits per heavy atom. The Morgan fingerprint density at radius 2 is 1.75 bits per heavy atom. The molecule has 0 saturated heterocycles. The van der Waals surface area contributed by atoms with Crippen molar-refractivity contribution in [2.75, 3.05) is 13.2 Å². The molecule has 1 aliphatic heterocycles. The van der Waals surface area contributed by atoms with Crippen molar-refractivity contribution >= 4 is 16.8 Å². The van der Waals surface area contributed by atoms with Crippen LogP contribution in [0.5, 0.6) is 0 Å². The van der Waals surface area contributed by atoms with Crippen LogP contribution in [0.1, 0.15) is 37.5 Å². The summed E-state index contributed by atoms with van der Waals surface area (Å²) in [6, 6.07) is 16.6. The molecule has 0 N–H and O–H groups in total. The zero-order valence-electron chi connectivity index (χ0n) is 16.0. The van der Waals surface area contributed by atoms with E-state index in [1.165, 1.54) is 4.57 Å². The minimum absolute atomic E-state index is 0.124. The summed E-state index contributed by atoms with van der Waals surface area (Å²) in [5.41, 5.74) is 1.56. The Kier molecular flexibility index (Phi) is 4.96. The van der Waals surface area contributed by atoms with E-state index in [9.17, 15) is 9.59 Å². The van der Waals surface area contributed by atoms with E-state index in [1.807, 2.05) is 49.4 Å². The molecule has 0 bridgehead atoms. The number of hydrogen-bond acceptors (Lipinski definition) is 4. The maximum atomic E-state index is 13.1. The molecule has 0 spiro atoms. The van der Waals surface area contributed by atoms with Crippen LogP contribution in [0.25, 0.3) is 10.9 Å². The SMILES string of the molecule is CCO[C@H]1c2nc3ccccc3c(=O)n2[C@@H](C)C(=O)N1CCc1ccccc1. The molecule has 2 heterocycles. The lowest BCUT2D eigenvalue weighted by Gasteiger charge is -2.39. The topological polar surface area (TPSA) is 64.4 Å². The van der Waals surface area contributed by atoms with Crippen LogP contribution in [0.4, 0.5) is 0 Å². The molecule has 2 atom stereocenters. The highest BCUT2D eigenvalue weighted by molar-refractivity contribution is 5.83. The minimum atomic E-state index is -0.672. The molecule has 6 nitrogen and oxygen atoms in total. The third-order valence-electron chi connectivity index (χ3n) is 5.18. The van der Waals surface area contributed by atoms with Crippen LogP contribution in [0.15, 0.2) is 59.4 Å². The number of ether oxygens (including phenoxy) is 1. The second kappa shape index (κ2) is 7.56. The van der Waals surface area contributed by atoms with Crippen molar-refractivity contribution in [3.63, 3.8) is 0 Å². The highest BCUT2D eigenvalue weighted by Gasteiger charge is 2.39. The van der Waals surface area contributed by atoms with Crippen molar-refractivity contribution < 1.29 is 9.53 Å². The second-order valence-corrected chi connectivity index (χ2v) is 6.91. The fourth-order valence-electron chi connectivity index (χ4n) is 3.76. The number of amides is 1. The first kappa shape index (κ1) is 18.4. The zero-order valence-corrected chi connectivity index (χ0v) is 16.0. The number of benzene rings is 2. The van der Waals surface area contributed by atoms with Gasteiger partial charge in [0.05, 0.1) is 10.9 Å². The monoisotopic (exact) mass is 377 g/mol. The number of para-hydroxylation sites is 1. The summed E-state index contributed by atoms with van der Waals surface area (Å²) < 4.78 is 7.41. The summed E-state index contributed by atoms with van der Waals surface area (Å²) in [6.45, 7) is 4.54. The van der Waals surface area contributed by atoms with E-state index in [-0.39, 0.29) is 11.5 Å². The predicted molar refractivity (Wildman–Crippen MR) is 107 cm³/mol. The zero-order chi connectivity index (χ0) is 19.7. The molecule has 6 heteroatoms. The van der Waals surface area contributed by atoms with Gasteiger partial charge in [-0.15, -0.1) is 0 Å². The second-order valence-electron chi connectivity index (χ2n) is 6.91. The van der Waals surface area contributed by atoms with Gasteiger partial charge in [0.2, 0.25) is 5.91 Å². The van der Waals surface area contributed by atoms with Gasteiger partial charge in [0, 0.05) is 13.2 Å². The molecule has 0 aliphatic carbocycles. The van der Waals surface area contributed by atoms with Gasteiger partial charge in [-0.05, 0) is 38.0 Å². The van der Waals surface area contributed by atoms with Gasteiger partial charge in [0.1, 0.15) is 6.04 Å². The van der Waals surface area contributed by atoms with E-state index in [2.05, 4.69) is 0 Å². The van der Waals surface area contributed by atoms with E-state index in [0.717, 1.165) is 5.56 Å². The fraction of sp³-hybridized carbons (Fsp3) is 0.318. The summed E-state index contributed by atoms with van der Waals surface area (Å²) in [7, 11) is 0. The van der Waals surface area contributed by atoms with Crippen molar-refractivity contribution in [3.8, 4) is 0 Å². The normalized spacial score (nSPS) is 19.1. The van der Waals surface area contributed by atoms with Crippen molar-refractivity contribution in [2.24, 2.45) is 0 Å². The third kappa shape index (κ3) is 3.10. The van der Waals surface area contributed by atoms with Crippen LogP contribution in [0, 0.1) is 0 Å². The highest BCUT2D eigenvalue weighted by atomic mass is 16.5. The number of rotatable bonds is 5. The Morgan fingerprint density at radius 3 is 2.50 bits per heavy atom. The number of carbonyl (C=O) groups is 1. The van der Waals surface area contributed by atoms with Crippen LogP contribution in [-0.4, -0.2) is 33.5 Å². The van der Waals surface area contributed by atoms with Gasteiger partial charge in [-0.1, -0.05) is 42.5 Å². The maximum absolute atomic E-state index is 13.1. The van der Waals surface area contributed by atoms with Crippen LogP contribution >= 0.6 is 0 Å². The number of aromatic nitrogens is 2. The first-order valence-corrected chi connectivity index (χ1v) is 9.59. The number of hydrogen-bond donors (Lipinski definition) is 0. The molecular weight excluding hydrogens is 354 g/mol. The van der Waals surface area contributed by atoms with Crippen LogP contribution in [0.2, 0.25) is 0 Å². The molecule has 28 heavy (non-hydrogen) atoms. The summed E-state index contributed by atoms with van der Waals surface area (Å²) >= 11 is 0. The van der Waals surface area contributed by atoms with Crippen LogP contribution < -0.4 is 5.56 Å². The van der Waals surface area contributed by atoms with Gasteiger partial charge in [0.15, 0.2) is 12.1 Å². The number of carbonyl (C=O) groups excluding carboxylic acids is 1. The van der Waals surface area contributed by atoms with Crippen molar-refractivity contribution in [1.29, 1.82) is 0 Å². The van der Waals surface area contributed by atoms with E-state index < -0.39 is 12.3 Å². The van der Waals surface area contributed by atoms with E-state index >= 15 is 0 Å². The molecule has 1 amide bonds. The average molecular weight is 377 g/mol. The van der Waals surface area contributed by atoms with Crippen LogP contribution in [0.3, 0.4) is 0 Å². The molecule has 2 aromatic carbocycles. The molecule has 0 radical (unpaired) electrons. The Labute approximate surface area is 163 Å². The van der Waals surface area contributed by atoms with Crippen LogP contribution in [-0.2, 0) is 16.0 Å². The first-order chi connectivity index (χ1) is 13.6. The van der Waals surface area contributed by atoms with E-state index in [4.69, 9.17) is 9.72 Å². The molecule has 3 aromatic rings. The molecule has 0 unspecified atom stereocenters. The predicted octanol–water partition coefficient (Wildman–Crippen LogP) is 3.08. The summed E-state index contributed by atoms with van der Waals surface area (Å²) in [4.78, 5) is 32.6. The van der Waals surface area contributed by atoms with Gasteiger partial charge >= 0.3 is 0 Å². The molecule has 1 aliphatic rings. The standard InChI is InChI=1S/C22H23N3O3/c1-3-28-22-19-23-18-12-8-7-11-17(18)21(27)25(19)15(2)20(26)24(22)14-13-16-9-5-4-6-10-16/h4-12,15,22H,3,13-14H2,1-2H3/t15-,22-/m0/s1. The first-order valence-electron chi connectivity index (χ1n) is 9.59. The van der Waals surface area contributed by atoms with E-state index in [0.29, 0.717) is 36.3 Å². The Hall–Kier alpha value is -2.99. The molecule has 0 saturated carbocycles. The number of fused-ring (bicyclic) bond motifs is 2. The summed E-state index contributed by atoms with van der Waals surface area (Å²) in [5, 5.41) is 0.513. The van der Waals surface area contributed by atoms with Gasteiger partial charge in [-0.3, -0.25) is 14.2 Å². The highest BCUT2D eigenvalue weighted by Crippen LogP contribution is 2.31. The summed E-state index contributed by atoms with van der Waals surface area (Å²) in [5.74, 6) is 0.367. The third-order valence-corrected chi connectivity index (χ3v) is 5.18. The smallest absolute Gasteiger partial charge is 0.262 e. The number of nitrogens with zero attached hydrogens (tertiary/aromatic N) is 3. The lowest BCUT2D eigenvalue weighted by Crippen LogP contribution is -2.50. The van der Waals surface area contributed by atoms with Gasteiger partial charge < -0.3 is 9.64 Å². The molecule has 0 fully saturated rings. The largest absolute Gasteiger partial charge is 0.351 e. The van der Waals surface area contributed by atoms with E-state index in [1.54, 1.807) is 24.0 Å². The fourth-order valence-corrected chi connectivity index (χ4v) is 3.76. The summed E-state index contributed by atoms with van der Waals surface area (Å²) in [6.07, 6.45) is 0.0375. The Balaban J connectivity index is 1.78. The molecular formula is C22H23N3O3. The molecule has 1 aromatic heterocycles. The van der Waals surface area contributed by atoms with Gasteiger partial charge in [-0.25, -0.2) is 4.98 Å². The van der Waals surface area contributed by atoms with Gasteiger partial charge in [0.25, 0.3) is 5.56 Å². The lowest BCUT2D eigenvalue weighted by atomic mass is 10.1. The lowest BCUT2D eigenvalue weighted by molar-refractivity contribution is -0.156.